The Hall–Kier alpha value is -0.190. The van der Waals surface area contributed by atoms with Crippen LogP contribution in [0.5, 0.6) is 5.75 Å². The standard InChI is InChI=1S/C13H20BrNOS/c1-3-17-7-6-16-13-10(2)8-12(14)9-11(13)4-5-15/h8-9H,3-7,15H2,1-2H3. The molecule has 1 aromatic rings. The second kappa shape index (κ2) is 8.01. The van der Waals surface area contributed by atoms with E-state index in [1.807, 2.05) is 11.8 Å². The van der Waals surface area contributed by atoms with Crippen LogP contribution in [0.15, 0.2) is 16.6 Å². The van der Waals surface area contributed by atoms with Crippen molar-refractivity contribution in [2.75, 3.05) is 24.7 Å². The molecule has 0 aliphatic rings. The molecule has 96 valence electrons. The average molecular weight is 318 g/mol. The summed E-state index contributed by atoms with van der Waals surface area (Å²) >= 11 is 5.41. The molecule has 0 aliphatic carbocycles. The number of halogens is 1. The van der Waals surface area contributed by atoms with Crippen LogP contribution in [0.2, 0.25) is 0 Å². The Labute approximate surface area is 116 Å². The number of benzene rings is 1. The van der Waals surface area contributed by atoms with Crippen molar-refractivity contribution in [3.8, 4) is 5.75 Å². The lowest BCUT2D eigenvalue weighted by molar-refractivity contribution is 0.338. The van der Waals surface area contributed by atoms with E-state index in [2.05, 4.69) is 41.9 Å². The molecular formula is C13H20BrNOS. The first-order chi connectivity index (χ1) is 8.19. The molecule has 0 aromatic heterocycles. The van der Waals surface area contributed by atoms with E-state index in [1.165, 1.54) is 11.1 Å². The van der Waals surface area contributed by atoms with Gasteiger partial charge >= 0.3 is 0 Å². The summed E-state index contributed by atoms with van der Waals surface area (Å²) in [4.78, 5) is 0. The molecule has 0 radical (unpaired) electrons. The van der Waals surface area contributed by atoms with Gasteiger partial charge in [0, 0.05) is 10.2 Å². The Kier molecular flexibility index (Phi) is 7.00. The van der Waals surface area contributed by atoms with Crippen LogP contribution in [0.3, 0.4) is 0 Å². The maximum atomic E-state index is 5.88. The van der Waals surface area contributed by atoms with Crippen LogP contribution in [0.1, 0.15) is 18.1 Å². The van der Waals surface area contributed by atoms with Gasteiger partial charge in [-0.2, -0.15) is 11.8 Å². The monoisotopic (exact) mass is 317 g/mol. The Balaban J connectivity index is 2.73. The van der Waals surface area contributed by atoms with Gasteiger partial charge in [-0.15, -0.1) is 0 Å². The summed E-state index contributed by atoms with van der Waals surface area (Å²) in [6.07, 6.45) is 0.858. The number of nitrogens with two attached hydrogens (primary N) is 1. The average Bonchev–Trinajstić information content (AvgIpc) is 2.27. The van der Waals surface area contributed by atoms with Crippen molar-refractivity contribution in [1.82, 2.24) is 0 Å². The lowest BCUT2D eigenvalue weighted by Gasteiger charge is -2.14. The number of rotatable bonds is 7. The molecule has 0 fully saturated rings. The zero-order valence-corrected chi connectivity index (χ0v) is 12.9. The third-order valence-corrected chi connectivity index (χ3v) is 3.73. The normalized spacial score (nSPS) is 10.6. The number of ether oxygens (including phenoxy) is 1. The largest absolute Gasteiger partial charge is 0.492 e. The van der Waals surface area contributed by atoms with Crippen molar-refractivity contribution < 1.29 is 4.74 Å². The molecule has 0 spiro atoms. The molecule has 0 heterocycles. The molecule has 4 heteroatoms. The minimum Gasteiger partial charge on any atom is -0.492 e. The highest BCUT2D eigenvalue weighted by atomic mass is 79.9. The van der Waals surface area contributed by atoms with Crippen LogP contribution in [-0.2, 0) is 6.42 Å². The van der Waals surface area contributed by atoms with E-state index in [4.69, 9.17) is 10.5 Å². The van der Waals surface area contributed by atoms with E-state index < -0.39 is 0 Å². The first-order valence-electron chi connectivity index (χ1n) is 5.88. The molecule has 0 saturated heterocycles. The van der Waals surface area contributed by atoms with Crippen LogP contribution < -0.4 is 10.5 Å². The van der Waals surface area contributed by atoms with E-state index in [0.717, 1.165) is 34.8 Å². The molecule has 1 rings (SSSR count). The zero-order chi connectivity index (χ0) is 12.7. The summed E-state index contributed by atoms with van der Waals surface area (Å²) in [6, 6.07) is 4.18. The van der Waals surface area contributed by atoms with Crippen LogP contribution in [-0.4, -0.2) is 24.7 Å². The highest BCUT2D eigenvalue weighted by Crippen LogP contribution is 2.28. The van der Waals surface area contributed by atoms with Crippen molar-refractivity contribution in [3.05, 3.63) is 27.7 Å². The summed E-state index contributed by atoms with van der Waals surface area (Å²) in [6.45, 7) is 5.65. The summed E-state index contributed by atoms with van der Waals surface area (Å²) < 4.78 is 6.97. The minimum absolute atomic E-state index is 0.649. The van der Waals surface area contributed by atoms with Gasteiger partial charge in [-0.3, -0.25) is 0 Å². The van der Waals surface area contributed by atoms with Gasteiger partial charge in [0.15, 0.2) is 0 Å². The molecule has 0 saturated carbocycles. The maximum Gasteiger partial charge on any atom is 0.125 e. The molecule has 17 heavy (non-hydrogen) atoms. The smallest absolute Gasteiger partial charge is 0.125 e. The molecule has 0 atom stereocenters. The zero-order valence-electron chi connectivity index (χ0n) is 10.5. The Morgan fingerprint density at radius 1 is 1.41 bits per heavy atom. The molecule has 0 amide bonds. The predicted molar refractivity (Wildman–Crippen MR) is 80.1 cm³/mol. The first kappa shape index (κ1) is 14.9. The van der Waals surface area contributed by atoms with Crippen LogP contribution in [0.4, 0.5) is 0 Å². The Bertz CT molecular complexity index is 358. The van der Waals surface area contributed by atoms with Gasteiger partial charge in [-0.05, 0) is 48.9 Å². The number of hydrogen-bond donors (Lipinski definition) is 1. The van der Waals surface area contributed by atoms with Gasteiger partial charge in [0.2, 0.25) is 0 Å². The van der Waals surface area contributed by atoms with Gasteiger partial charge in [0.25, 0.3) is 0 Å². The van der Waals surface area contributed by atoms with E-state index >= 15 is 0 Å². The van der Waals surface area contributed by atoms with Crippen molar-refractivity contribution in [2.45, 2.75) is 20.3 Å². The highest BCUT2D eigenvalue weighted by Gasteiger charge is 2.08. The fourth-order valence-electron chi connectivity index (χ4n) is 1.69. The second-order valence-electron chi connectivity index (χ2n) is 3.79. The fraction of sp³-hybridized carbons (Fsp3) is 0.538. The van der Waals surface area contributed by atoms with E-state index in [1.54, 1.807) is 0 Å². The SMILES string of the molecule is CCSCCOc1c(C)cc(Br)cc1CCN. The fourth-order valence-corrected chi connectivity index (χ4v) is 2.80. The van der Waals surface area contributed by atoms with Crippen molar-refractivity contribution in [3.63, 3.8) is 0 Å². The lowest BCUT2D eigenvalue weighted by atomic mass is 10.1. The van der Waals surface area contributed by atoms with Crippen LogP contribution in [0.25, 0.3) is 0 Å². The predicted octanol–water partition coefficient (Wildman–Crippen LogP) is 3.39. The van der Waals surface area contributed by atoms with E-state index in [-0.39, 0.29) is 0 Å². The summed E-state index contributed by atoms with van der Waals surface area (Å²) in [5.74, 6) is 3.18. The van der Waals surface area contributed by atoms with Crippen molar-refractivity contribution in [2.24, 2.45) is 5.73 Å². The topological polar surface area (TPSA) is 35.2 Å². The minimum atomic E-state index is 0.649. The van der Waals surface area contributed by atoms with Gasteiger partial charge < -0.3 is 10.5 Å². The van der Waals surface area contributed by atoms with Crippen molar-refractivity contribution in [1.29, 1.82) is 0 Å². The summed E-state index contributed by atoms with van der Waals surface area (Å²) in [5, 5.41) is 0. The van der Waals surface area contributed by atoms with E-state index in [0.29, 0.717) is 6.54 Å². The summed E-state index contributed by atoms with van der Waals surface area (Å²) in [7, 11) is 0. The van der Waals surface area contributed by atoms with E-state index in [9.17, 15) is 0 Å². The quantitative estimate of drug-likeness (QED) is 0.783. The molecule has 0 bridgehead atoms. The van der Waals surface area contributed by atoms with Crippen molar-refractivity contribution >= 4 is 27.7 Å². The number of hydrogen-bond acceptors (Lipinski definition) is 3. The van der Waals surface area contributed by atoms with Gasteiger partial charge in [-0.25, -0.2) is 0 Å². The molecular weight excluding hydrogens is 298 g/mol. The van der Waals surface area contributed by atoms with Gasteiger partial charge in [0.05, 0.1) is 6.61 Å². The third-order valence-electron chi connectivity index (χ3n) is 2.41. The van der Waals surface area contributed by atoms with Gasteiger partial charge in [0.1, 0.15) is 5.75 Å². The first-order valence-corrected chi connectivity index (χ1v) is 7.83. The van der Waals surface area contributed by atoms with Crippen LogP contribution in [0, 0.1) is 6.92 Å². The van der Waals surface area contributed by atoms with Gasteiger partial charge in [-0.1, -0.05) is 22.9 Å². The molecule has 0 unspecified atom stereocenters. The lowest BCUT2D eigenvalue weighted by Crippen LogP contribution is -2.08. The highest BCUT2D eigenvalue weighted by molar-refractivity contribution is 9.10. The molecule has 0 aliphatic heterocycles. The second-order valence-corrected chi connectivity index (χ2v) is 6.10. The molecule has 2 N–H and O–H groups in total. The van der Waals surface area contributed by atoms with Crippen LogP contribution >= 0.6 is 27.7 Å². The Morgan fingerprint density at radius 2 is 2.18 bits per heavy atom. The number of aryl methyl sites for hydroxylation is 1. The summed E-state index contributed by atoms with van der Waals surface area (Å²) in [5.41, 5.74) is 8.00. The number of thioether (sulfide) groups is 1. The Morgan fingerprint density at radius 3 is 2.82 bits per heavy atom. The molecule has 1 aromatic carbocycles. The third kappa shape index (κ3) is 4.90. The maximum absolute atomic E-state index is 5.88. The molecule has 2 nitrogen and oxygen atoms in total.